The highest BCUT2D eigenvalue weighted by Gasteiger charge is 2.48. The number of hydrogen-bond donors (Lipinski definition) is 2. The molecule has 0 spiro atoms. The van der Waals surface area contributed by atoms with Crippen LogP contribution in [0.15, 0.2) is 36.5 Å². The number of piperazine rings is 1. The molecule has 2 aromatic carbocycles. The second kappa shape index (κ2) is 7.59. The number of carbonyl (C=O) groups is 1. The molecule has 3 aromatic rings. The van der Waals surface area contributed by atoms with Gasteiger partial charge in [-0.1, -0.05) is 13.0 Å². The number of aromatic hydroxyl groups is 1. The van der Waals surface area contributed by atoms with Crippen LogP contribution < -0.4 is 15.1 Å². The van der Waals surface area contributed by atoms with E-state index in [0.29, 0.717) is 48.4 Å². The van der Waals surface area contributed by atoms with Crippen molar-refractivity contribution in [1.29, 1.82) is 0 Å². The zero-order chi connectivity index (χ0) is 24.4. The van der Waals surface area contributed by atoms with Gasteiger partial charge in [0.25, 0.3) is 5.91 Å². The zero-order valence-corrected chi connectivity index (χ0v) is 19.1. The van der Waals surface area contributed by atoms with E-state index in [1.807, 2.05) is 19.9 Å². The molecule has 1 atom stereocenters. The normalized spacial score (nSPS) is 20.5. The summed E-state index contributed by atoms with van der Waals surface area (Å²) in [7, 11) is 1.72. The summed E-state index contributed by atoms with van der Waals surface area (Å²) in [6, 6.07) is 6.91. The number of fused-ring (bicyclic) bond motifs is 5. The van der Waals surface area contributed by atoms with Gasteiger partial charge in [0.05, 0.1) is 28.7 Å². The van der Waals surface area contributed by atoms with Gasteiger partial charge in [0.15, 0.2) is 0 Å². The molecule has 1 unspecified atom stereocenters. The van der Waals surface area contributed by atoms with Crippen LogP contribution in [-0.2, 0) is 17.4 Å². The Balaban J connectivity index is 1.81. The van der Waals surface area contributed by atoms with E-state index in [0.717, 1.165) is 17.1 Å². The van der Waals surface area contributed by atoms with Crippen molar-refractivity contribution in [2.45, 2.75) is 32.0 Å². The van der Waals surface area contributed by atoms with Crippen LogP contribution in [0.25, 0.3) is 22.0 Å². The quantitative estimate of drug-likeness (QED) is 0.584. The molecule has 3 heterocycles. The van der Waals surface area contributed by atoms with Gasteiger partial charge in [0.2, 0.25) is 0 Å². The molecule has 5 rings (SSSR count). The number of benzene rings is 2. The minimum Gasteiger partial charge on any atom is -0.507 e. The first-order chi connectivity index (χ1) is 16.1. The first kappa shape index (κ1) is 22.5. The molecule has 0 radical (unpaired) electrons. The molecule has 1 fully saturated rings. The summed E-state index contributed by atoms with van der Waals surface area (Å²) in [6.07, 6.45) is -2.57. The minimum absolute atomic E-state index is 0.0373. The molecular formula is C25H25F3N4O2. The van der Waals surface area contributed by atoms with E-state index in [1.54, 1.807) is 24.2 Å². The summed E-state index contributed by atoms with van der Waals surface area (Å²) < 4.78 is 41.5. The number of aryl methyl sites for hydroxylation is 1. The number of pyridine rings is 1. The Morgan fingerprint density at radius 2 is 2.03 bits per heavy atom. The van der Waals surface area contributed by atoms with Crippen molar-refractivity contribution in [3.05, 3.63) is 47.7 Å². The minimum atomic E-state index is -4.62. The Hall–Kier alpha value is -3.33. The van der Waals surface area contributed by atoms with Gasteiger partial charge >= 0.3 is 6.18 Å². The molecule has 1 saturated heterocycles. The van der Waals surface area contributed by atoms with E-state index in [1.165, 1.54) is 12.1 Å². The van der Waals surface area contributed by atoms with Crippen molar-refractivity contribution in [2.24, 2.45) is 0 Å². The monoisotopic (exact) mass is 470 g/mol. The molecule has 1 aromatic heterocycles. The van der Waals surface area contributed by atoms with Gasteiger partial charge < -0.3 is 20.2 Å². The largest absolute Gasteiger partial charge is 0.507 e. The number of phenols is 1. The number of nitrogens with one attached hydrogen (secondary N) is 1. The van der Waals surface area contributed by atoms with Crippen molar-refractivity contribution in [3.63, 3.8) is 0 Å². The van der Waals surface area contributed by atoms with Crippen molar-refractivity contribution in [3.8, 4) is 16.9 Å². The molecule has 0 saturated carbocycles. The van der Waals surface area contributed by atoms with E-state index in [-0.39, 0.29) is 11.5 Å². The number of alkyl halides is 3. The third kappa shape index (κ3) is 3.14. The molecule has 9 heteroatoms. The van der Waals surface area contributed by atoms with E-state index in [4.69, 9.17) is 0 Å². The van der Waals surface area contributed by atoms with Crippen LogP contribution in [0.4, 0.5) is 24.5 Å². The summed E-state index contributed by atoms with van der Waals surface area (Å²) in [5.74, 6) is -0.466. The number of nitrogens with zero attached hydrogens (tertiary/aromatic N) is 3. The molecule has 0 aliphatic carbocycles. The highest BCUT2D eigenvalue weighted by atomic mass is 19.4. The Morgan fingerprint density at radius 3 is 2.74 bits per heavy atom. The lowest BCUT2D eigenvalue weighted by atomic mass is 9.88. The number of rotatable bonds is 2. The second-order valence-electron chi connectivity index (χ2n) is 9.04. The van der Waals surface area contributed by atoms with Crippen molar-refractivity contribution in [2.75, 3.05) is 36.5 Å². The van der Waals surface area contributed by atoms with Gasteiger partial charge in [-0.15, -0.1) is 0 Å². The van der Waals surface area contributed by atoms with Gasteiger partial charge in [-0.05, 0) is 48.7 Å². The maximum Gasteiger partial charge on any atom is 0.417 e. The van der Waals surface area contributed by atoms with Crippen LogP contribution in [0, 0.1) is 0 Å². The van der Waals surface area contributed by atoms with Gasteiger partial charge in [-0.25, -0.2) is 0 Å². The predicted octanol–water partition coefficient (Wildman–Crippen LogP) is 4.33. The fourth-order valence-corrected chi connectivity index (χ4v) is 5.26. The van der Waals surface area contributed by atoms with Crippen LogP contribution in [-0.4, -0.2) is 48.2 Å². The van der Waals surface area contributed by atoms with Crippen molar-refractivity contribution < 1.29 is 23.1 Å². The second-order valence-corrected chi connectivity index (χ2v) is 9.04. The summed E-state index contributed by atoms with van der Waals surface area (Å²) in [5.41, 5.74) is 1.08. The van der Waals surface area contributed by atoms with Gasteiger partial charge in [0, 0.05) is 37.6 Å². The Bertz CT molecular complexity index is 1320. The number of aromatic nitrogens is 1. The fraction of sp³-hybridized carbons (Fsp3) is 0.360. The zero-order valence-electron chi connectivity index (χ0n) is 19.1. The Labute approximate surface area is 195 Å². The Kier molecular flexibility index (Phi) is 5.02. The number of carbonyl (C=O) groups excluding carboxylic acids is 1. The van der Waals surface area contributed by atoms with Crippen LogP contribution in [0.3, 0.4) is 0 Å². The number of likely N-dealkylation sites (N-methyl/N-ethyl adjacent to an activating group) is 1. The number of hydrogen-bond acceptors (Lipinski definition) is 5. The standard InChI is InChI=1S/C25H25F3N4O2/c1-4-14-10-16-18(11-15(14)21-17(25(26,27)28)6-5-7-20(21)33)30-12-19-22(16)32-9-8-29-13-24(32,2)23(34)31(19)3/h5-7,10-12,29,33H,4,8-9,13H2,1-3H3. The van der Waals surface area contributed by atoms with Crippen molar-refractivity contribution >= 4 is 28.2 Å². The average molecular weight is 470 g/mol. The number of amides is 1. The SMILES string of the molecule is CCc1cc2c3c(cnc2cc1-c1c(O)cccc1C(F)(F)F)N(C)C(=O)C1(C)CNCCN31. The molecule has 0 bridgehead atoms. The van der Waals surface area contributed by atoms with Gasteiger partial charge in [-0.2, -0.15) is 13.2 Å². The summed E-state index contributed by atoms with van der Waals surface area (Å²) in [5, 5.41) is 14.5. The molecule has 2 N–H and O–H groups in total. The first-order valence-electron chi connectivity index (χ1n) is 11.2. The van der Waals surface area contributed by atoms with Crippen LogP contribution in [0.2, 0.25) is 0 Å². The third-order valence-electron chi connectivity index (χ3n) is 7.02. The van der Waals surface area contributed by atoms with E-state index >= 15 is 0 Å². The first-order valence-corrected chi connectivity index (χ1v) is 11.2. The summed E-state index contributed by atoms with van der Waals surface area (Å²) in [6.45, 7) is 5.58. The molecule has 2 aliphatic heterocycles. The molecule has 6 nitrogen and oxygen atoms in total. The predicted molar refractivity (Wildman–Crippen MR) is 125 cm³/mol. The molecular weight excluding hydrogens is 445 g/mol. The maximum atomic E-state index is 13.8. The topological polar surface area (TPSA) is 68.7 Å². The Morgan fingerprint density at radius 1 is 1.26 bits per heavy atom. The maximum absolute atomic E-state index is 13.8. The van der Waals surface area contributed by atoms with Crippen LogP contribution >= 0.6 is 0 Å². The molecule has 2 aliphatic rings. The highest BCUT2D eigenvalue weighted by Crippen LogP contribution is 2.48. The lowest BCUT2D eigenvalue weighted by Crippen LogP contribution is -2.69. The smallest absolute Gasteiger partial charge is 0.417 e. The van der Waals surface area contributed by atoms with Gasteiger partial charge in [-0.3, -0.25) is 9.78 Å². The van der Waals surface area contributed by atoms with Gasteiger partial charge in [0.1, 0.15) is 11.3 Å². The van der Waals surface area contributed by atoms with E-state index < -0.39 is 23.0 Å². The molecule has 34 heavy (non-hydrogen) atoms. The van der Waals surface area contributed by atoms with E-state index in [2.05, 4.69) is 15.2 Å². The summed E-state index contributed by atoms with van der Waals surface area (Å²) >= 11 is 0. The number of halogens is 3. The van der Waals surface area contributed by atoms with E-state index in [9.17, 15) is 23.1 Å². The van der Waals surface area contributed by atoms with Crippen LogP contribution in [0.1, 0.15) is 25.0 Å². The van der Waals surface area contributed by atoms with Crippen LogP contribution in [0.5, 0.6) is 5.75 Å². The lowest BCUT2D eigenvalue weighted by molar-refractivity contribution is -0.137. The van der Waals surface area contributed by atoms with Crippen molar-refractivity contribution in [1.82, 2.24) is 10.3 Å². The molecule has 1 amide bonds. The third-order valence-corrected chi connectivity index (χ3v) is 7.02. The number of anilines is 2. The average Bonchev–Trinajstić information content (AvgIpc) is 2.80. The number of phenolic OH excluding ortho intramolecular Hbond substituents is 1. The summed E-state index contributed by atoms with van der Waals surface area (Å²) in [4.78, 5) is 21.4. The lowest BCUT2D eigenvalue weighted by Gasteiger charge is -2.51. The fourth-order valence-electron chi connectivity index (χ4n) is 5.26. The molecule has 178 valence electrons. The highest BCUT2D eigenvalue weighted by molar-refractivity contribution is 6.14.